The molecule has 0 aliphatic heterocycles. The van der Waals surface area contributed by atoms with Crippen molar-refractivity contribution < 1.29 is 40.6 Å². The van der Waals surface area contributed by atoms with Crippen molar-refractivity contribution in [2.24, 2.45) is 5.92 Å². The number of allylic oxidation sites excluding steroid dienone is 2. The van der Waals surface area contributed by atoms with Crippen LogP contribution in [0.25, 0.3) is 16.7 Å². The molecule has 45 heavy (non-hydrogen) atoms. The number of ether oxygens (including phenoxy) is 2. The molecule has 0 heterocycles. The standard InChI is InChI=1S/C36H36F6O3/c1-3-5-22-12-15-25(31(38)30(22)37)21-10-13-24(14-11-21)45-36(43)23-8-6-20(7-9-23)26-16-17-27(33(40)32(26)39)28-18-19-29(44-4-2)35(42)34(28)41/h6,12,15-19,21,23-24H,3-5,7-11,13-14H2,1-2H3. The fourth-order valence-corrected chi connectivity index (χ4v) is 6.44. The average molecular weight is 631 g/mol. The summed E-state index contributed by atoms with van der Waals surface area (Å²) in [7, 11) is 0. The maximum absolute atomic E-state index is 15.2. The first-order valence-electron chi connectivity index (χ1n) is 15.6. The second-order valence-corrected chi connectivity index (χ2v) is 11.8. The van der Waals surface area contributed by atoms with Crippen LogP contribution in [0.5, 0.6) is 5.75 Å². The largest absolute Gasteiger partial charge is 0.491 e. The third-order valence-electron chi connectivity index (χ3n) is 8.92. The van der Waals surface area contributed by atoms with Gasteiger partial charge < -0.3 is 9.47 Å². The van der Waals surface area contributed by atoms with Gasteiger partial charge in [0.25, 0.3) is 0 Å². The highest BCUT2D eigenvalue weighted by molar-refractivity contribution is 5.77. The Morgan fingerprint density at radius 2 is 1.38 bits per heavy atom. The van der Waals surface area contributed by atoms with Gasteiger partial charge in [-0.1, -0.05) is 43.7 Å². The maximum atomic E-state index is 15.2. The highest BCUT2D eigenvalue weighted by Gasteiger charge is 2.31. The zero-order chi connectivity index (χ0) is 32.2. The van der Waals surface area contributed by atoms with Crippen molar-refractivity contribution >= 4 is 11.5 Å². The van der Waals surface area contributed by atoms with E-state index >= 15 is 8.78 Å². The molecule has 3 aromatic carbocycles. The first-order chi connectivity index (χ1) is 21.6. The first kappa shape index (κ1) is 32.6. The molecule has 0 bridgehead atoms. The number of hydrogen-bond acceptors (Lipinski definition) is 3. The van der Waals surface area contributed by atoms with Crippen molar-refractivity contribution in [1.29, 1.82) is 0 Å². The van der Waals surface area contributed by atoms with Gasteiger partial charge in [0.2, 0.25) is 5.82 Å². The van der Waals surface area contributed by atoms with Crippen LogP contribution >= 0.6 is 0 Å². The second kappa shape index (κ2) is 14.1. The molecule has 3 nitrogen and oxygen atoms in total. The minimum Gasteiger partial charge on any atom is -0.491 e. The van der Waals surface area contributed by atoms with Gasteiger partial charge in [-0.15, -0.1) is 0 Å². The molecular formula is C36H36F6O3. The summed E-state index contributed by atoms with van der Waals surface area (Å²) in [6.07, 6.45) is 5.74. The van der Waals surface area contributed by atoms with Crippen molar-refractivity contribution in [3.05, 3.63) is 94.1 Å². The van der Waals surface area contributed by atoms with Gasteiger partial charge in [-0.3, -0.25) is 4.79 Å². The molecule has 3 aromatic rings. The molecule has 1 fully saturated rings. The van der Waals surface area contributed by atoms with Crippen molar-refractivity contribution in [3.63, 3.8) is 0 Å². The van der Waals surface area contributed by atoms with Crippen LogP contribution in [0.4, 0.5) is 26.3 Å². The van der Waals surface area contributed by atoms with E-state index in [4.69, 9.17) is 9.47 Å². The highest BCUT2D eigenvalue weighted by Crippen LogP contribution is 2.39. The minimum atomic E-state index is -1.33. The molecule has 0 N–H and O–H groups in total. The van der Waals surface area contributed by atoms with E-state index in [0.717, 1.165) is 12.5 Å². The SMILES string of the molecule is CCCc1ccc(C2CCC(OC(=O)C3CC=C(c4ccc(-c5ccc(OCC)c(F)c5F)c(F)c4F)CC3)CC2)c(F)c1F. The van der Waals surface area contributed by atoms with Gasteiger partial charge in [0.05, 0.1) is 12.5 Å². The summed E-state index contributed by atoms with van der Waals surface area (Å²) in [6.45, 7) is 3.64. The van der Waals surface area contributed by atoms with E-state index in [9.17, 15) is 22.4 Å². The number of carbonyl (C=O) groups excluding carboxylic acids is 1. The Hall–Kier alpha value is -3.75. The van der Waals surface area contributed by atoms with Gasteiger partial charge in [-0.05, 0) is 93.0 Å². The zero-order valence-electron chi connectivity index (χ0n) is 25.3. The van der Waals surface area contributed by atoms with Gasteiger partial charge in [0, 0.05) is 16.7 Å². The second-order valence-electron chi connectivity index (χ2n) is 11.8. The Balaban J connectivity index is 1.19. The lowest BCUT2D eigenvalue weighted by Gasteiger charge is -2.30. The number of aryl methyl sites for hydroxylation is 1. The third-order valence-corrected chi connectivity index (χ3v) is 8.92. The molecule has 0 radical (unpaired) electrons. The molecular weight excluding hydrogens is 594 g/mol. The molecule has 0 amide bonds. The summed E-state index contributed by atoms with van der Waals surface area (Å²) in [5, 5.41) is 0. The lowest BCUT2D eigenvalue weighted by atomic mass is 9.81. The summed E-state index contributed by atoms with van der Waals surface area (Å²) < 4.78 is 99.3. The molecule has 1 atom stereocenters. The van der Waals surface area contributed by atoms with Gasteiger partial charge >= 0.3 is 5.97 Å². The van der Waals surface area contributed by atoms with Crippen LogP contribution in [0, 0.1) is 40.8 Å². The smallest absolute Gasteiger partial charge is 0.309 e. The van der Waals surface area contributed by atoms with E-state index < -0.39 is 51.9 Å². The monoisotopic (exact) mass is 630 g/mol. The molecule has 9 heteroatoms. The maximum Gasteiger partial charge on any atom is 0.309 e. The van der Waals surface area contributed by atoms with Crippen LogP contribution in [0.15, 0.2) is 42.5 Å². The molecule has 1 unspecified atom stereocenters. The zero-order valence-corrected chi connectivity index (χ0v) is 25.3. The van der Waals surface area contributed by atoms with Crippen LogP contribution < -0.4 is 4.74 Å². The number of benzene rings is 3. The Kier molecular flexibility index (Phi) is 10.2. The van der Waals surface area contributed by atoms with Crippen molar-refractivity contribution in [1.82, 2.24) is 0 Å². The number of esters is 1. The van der Waals surface area contributed by atoms with Gasteiger partial charge in [-0.2, -0.15) is 4.39 Å². The summed E-state index contributed by atoms with van der Waals surface area (Å²) in [4.78, 5) is 12.9. The summed E-state index contributed by atoms with van der Waals surface area (Å²) in [5.74, 6) is -7.92. The predicted molar refractivity (Wildman–Crippen MR) is 160 cm³/mol. The van der Waals surface area contributed by atoms with Crippen LogP contribution in [-0.4, -0.2) is 18.7 Å². The van der Waals surface area contributed by atoms with E-state index in [1.165, 1.54) is 18.2 Å². The van der Waals surface area contributed by atoms with Gasteiger partial charge in [-0.25, -0.2) is 22.0 Å². The first-order valence-corrected chi connectivity index (χ1v) is 15.6. The fourth-order valence-electron chi connectivity index (χ4n) is 6.44. The molecule has 2 aliphatic carbocycles. The Bertz CT molecular complexity index is 1590. The molecule has 240 valence electrons. The molecule has 5 rings (SSSR count). The molecule has 0 saturated heterocycles. The van der Waals surface area contributed by atoms with E-state index in [-0.39, 0.29) is 42.3 Å². The predicted octanol–water partition coefficient (Wildman–Crippen LogP) is 9.99. The number of carbonyl (C=O) groups is 1. The highest BCUT2D eigenvalue weighted by atomic mass is 19.2. The minimum absolute atomic E-state index is 0.000368. The normalized spacial score (nSPS) is 20.1. The van der Waals surface area contributed by atoms with Gasteiger partial charge in [0.1, 0.15) is 6.10 Å². The third kappa shape index (κ3) is 6.77. The lowest BCUT2D eigenvalue weighted by molar-refractivity contribution is -0.156. The van der Waals surface area contributed by atoms with Crippen molar-refractivity contribution in [3.8, 4) is 16.9 Å². The molecule has 1 saturated carbocycles. The van der Waals surface area contributed by atoms with E-state index in [1.807, 2.05) is 6.92 Å². The molecule has 2 aliphatic rings. The van der Waals surface area contributed by atoms with Crippen molar-refractivity contribution in [2.75, 3.05) is 6.61 Å². The van der Waals surface area contributed by atoms with E-state index in [1.54, 1.807) is 25.1 Å². The summed E-state index contributed by atoms with van der Waals surface area (Å²) >= 11 is 0. The summed E-state index contributed by atoms with van der Waals surface area (Å²) in [5.41, 5.74) is 0.433. The average Bonchev–Trinajstić information content (AvgIpc) is 3.04. The van der Waals surface area contributed by atoms with E-state index in [0.29, 0.717) is 61.6 Å². The van der Waals surface area contributed by atoms with Crippen LogP contribution in [0.2, 0.25) is 0 Å². The number of rotatable bonds is 9. The topological polar surface area (TPSA) is 35.5 Å². The number of hydrogen-bond donors (Lipinski definition) is 0. The molecule has 0 spiro atoms. The van der Waals surface area contributed by atoms with Gasteiger partial charge in [0.15, 0.2) is 34.8 Å². The van der Waals surface area contributed by atoms with Crippen molar-refractivity contribution in [2.45, 2.75) is 83.7 Å². The van der Waals surface area contributed by atoms with Crippen LogP contribution in [0.1, 0.15) is 87.8 Å². The van der Waals surface area contributed by atoms with Crippen LogP contribution in [0.3, 0.4) is 0 Å². The Labute approximate surface area is 259 Å². The van der Waals surface area contributed by atoms with Crippen LogP contribution in [-0.2, 0) is 16.0 Å². The number of halogens is 6. The fraction of sp³-hybridized carbons (Fsp3) is 0.417. The Morgan fingerprint density at radius 1 is 0.733 bits per heavy atom. The summed E-state index contributed by atoms with van der Waals surface area (Å²) in [6, 6.07) is 8.19. The quantitative estimate of drug-likeness (QED) is 0.174. The molecule has 0 aromatic heterocycles. The lowest BCUT2D eigenvalue weighted by Crippen LogP contribution is -2.28. The van der Waals surface area contributed by atoms with E-state index in [2.05, 4.69) is 0 Å². The Morgan fingerprint density at radius 3 is 2.02 bits per heavy atom.